The topological polar surface area (TPSA) is 58.6 Å². The highest BCUT2D eigenvalue weighted by molar-refractivity contribution is 5.87. The summed E-state index contributed by atoms with van der Waals surface area (Å²) in [4.78, 5) is 24.8. The van der Waals surface area contributed by atoms with Crippen molar-refractivity contribution in [3.63, 3.8) is 0 Å². The number of ether oxygens (including phenoxy) is 1. The van der Waals surface area contributed by atoms with Crippen LogP contribution in [-0.4, -0.2) is 48.6 Å². The Kier molecular flexibility index (Phi) is 4.08. The number of hydrogen-bond donors (Lipinski definition) is 1. The third-order valence-electron chi connectivity index (χ3n) is 2.55. The van der Waals surface area contributed by atoms with Gasteiger partial charge in [0.2, 0.25) is 5.91 Å². The van der Waals surface area contributed by atoms with Crippen LogP contribution in [0.15, 0.2) is 0 Å². The molecule has 1 aliphatic heterocycles. The molecule has 1 saturated heterocycles. The minimum atomic E-state index is -0.484. The number of piperazine rings is 1. The molecule has 1 aliphatic rings. The number of esters is 1. The van der Waals surface area contributed by atoms with E-state index in [9.17, 15) is 9.59 Å². The molecule has 0 spiro atoms. The van der Waals surface area contributed by atoms with Gasteiger partial charge in [-0.2, -0.15) is 0 Å². The second kappa shape index (κ2) is 5.11. The third-order valence-corrected chi connectivity index (χ3v) is 2.55. The normalized spacial score (nSPS) is 23.8. The molecule has 15 heavy (non-hydrogen) atoms. The number of nitrogens with zero attached hydrogens (tertiary/aromatic N) is 1. The van der Waals surface area contributed by atoms with Crippen LogP contribution >= 0.6 is 0 Å². The lowest BCUT2D eigenvalue weighted by atomic mass is 10.1. The molecule has 0 radical (unpaired) electrons. The van der Waals surface area contributed by atoms with Crippen molar-refractivity contribution in [1.29, 1.82) is 0 Å². The van der Waals surface area contributed by atoms with Crippen LogP contribution in [0.1, 0.15) is 20.8 Å². The summed E-state index contributed by atoms with van der Waals surface area (Å²) in [7, 11) is 0. The van der Waals surface area contributed by atoms with Crippen LogP contribution in [0.2, 0.25) is 0 Å². The Morgan fingerprint density at radius 3 is 3.00 bits per heavy atom. The highest BCUT2D eigenvalue weighted by Gasteiger charge is 2.32. The van der Waals surface area contributed by atoms with Crippen LogP contribution in [0.3, 0.4) is 0 Å². The van der Waals surface area contributed by atoms with Gasteiger partial charge in [0.1, 0.15) is 6.04 Å². The SMILES string of the molecule is CCOC(=O)[C@H](C)N1CCN[C@@H](C)C1=O. The number of amides is 1. The van der Waals surface area contributed by atoms with Crippen molar-refractivity contribution in [1.82, 2.24) is 10.2 Å². The van der Waals surface area contributed by atoms with E-state index < -0.39 is 6.04 Å². The predicted molar refractivity (Wildman–Crippen MR) is 55.3 cm³/mol. The lowest BCUT2D eigenvalue weighted by Gasteiger charge is -2.34. The van der Waals surface area contributed by atoms with Crippen LogP contribution in [0.4, 0.5) is 0 Å². The Hall–Kier alpha value is -1.10. The summed E-state index contributed by atoms with van der Waals surface area (Å²) in [5, 5.41) is 3.04. The highest BCUT2D eigenvalue weighted by Crippen LogP contribution is 2.07. The lowest BCUT2D eigenvalue weighted by Crippen LogP contribution is -2.58. The van der Waals surface area contributed by atoms with Gasteiger partial charge in [-0.05, 0) is 20.8 Å². The first-order chi connectivity index (χ1) is 7.07. The van der Waals surface area contributed by atoms with Crippen molar-refractivity contribution in [2.75, 3.05) is 19.7 Å². The van der Waals surface area contributed by atoms with Gasteiger partial charge in [0.15, 0.2) is 0 Å². The van der Waals surface area contributed by atoms with Gasteiger partial charge in [-0.1, -0.05) is 0 Å². The maximum Gasteiger partial charge on any atom is 0.328 e. The first-order valence-electron chi connectivity index (χ1n) is 5.28. The molecular weight excluding hydrogens is 196 g/mol. The molecule has 0 aromatic rings. The summed E-state index contributed by atoms with van der Waals surface area (Å²) >= 11 is 0. The standard InChI is InChI=1S/C10H18N2O3/c1-4-15-10(14)8(3)12-6-5-11-7(2)9(12)13/h7-8,11H,4-6H2,1-3H3/t7-,8-/m0/s1. The fourth-order valence-electron chi connectivity index (χ4n) is 1.62. The monoisotopic (exact) mass is 214 g/mol. The number of nitrogens with one attached hydrogen (secondary N) is 1. The average molecular weight is 214 g/mol. The van der Waals surface area contributed by atoms with E-state index in [1.165, 1.54) is 0 Å². The molecule has 0 aromatic heterocycles. The predicted octanol–water partition coefficient (Wildman–Crippen LogP) is -0.242. The molecule has 2 atom stereocenters. The number of carbonyl (C=O) groups excluding carboxylic acids is 2. The minimum Gasteiger partial charge on any atom is -0.464 e. The summed E-state index contributed by atoms with van der Waals surface area (Å²) in [5.41, 5.74) is 0. The average Bonchev–Trinajstić information content (AvgIpc) is 2.21. The number of rotatable bonds is 3. The van der Waals surface area contributed by atoms with E-state index in [0.717, 1.165) is 6.54 Å². The van der Waals surface area contributed by atoms with Crippen LogP contribution in [0.5, 0.6) is 0 Å². The second-order valence-corrected chi connectivity index (χ2v) is 3.64. The van der Waals surface area contributed by atoms with E-state index in [0.29, 0.717) is 13.2 Å². The van der Waals surface area contributed by atoms with Gasteiger partial charge in [0.05, 0.1) is 12.6 Å². The highest BCUT2D eigenvalue weighted by atomic mass is 16.5. The maximum atomic E-state index is 11.7. The van der Waals surface area contributed by atoms with E-state index in [-0.39, 0.29) is 17.9 Å². The Bertz CT molecular complexity index is 255. The van der Waals surface area contributed by atoms with E-state index in [1.807, 2.05) is 0 Å². The molecule has 0 aliphatic carbocycles. The van der Waals surface area contributed by atoms with Crippen molar-refractivity contribution in [3.05, 3.63) is 0 Å². The van der Waals surface area contributed by atoms with Crippen molar-refractivity contribution < 1.29 is 14.3 Å². The van der Waals surface area contributed by atoms with Gasteiger partial charge < -0.3 is 15.0 Å². The van der Waals surface area contributed by atoms with Crippen LogP contribution in [-0.2, 0) is 14.3 Å². The molecule has 1 amide bonds. The Labute approximate surface area is 89.8 Å². The van der Waals surface area contributed by atoms with Crippen LogP contribution in [0, 0.1) is 0 Å². The molecule has 5 heteroatoms. The van der Waals surface area contributed by atoms with Gasteiger partial charge >= 0.3 is 5.97 Å². The first-order valence-corrected chi connectivity index (χ1v) is 5.28. The van der Waals surface area contributed by atoms with Gasteiger partial charge in [-0.15, -0.1) is 0 Å². The molecule has 1 heterocycles. The zero-order chi connectivity index (χ0) is 11.4. The first kappa shape index (κ1) is 12.0. The fraction of sp³-hybridized carbons (Fsp3) is 0.800. The summed E-state index contributed by atoms with van der Waals surface area (Å²) in [5.74, 6) is -0.373. The fourth-order valence-corrected chi connectivity index (χ4v) is 1.62. The Balaban J connectivity index is 2.61. The van der Waals surface area contributed by atoms with E-state index in [2.05, 4.69) is 5.32 Å². The van der Waals surface area contributed by atoms with E-state index >= 15 is 0 Å². The molecule has 0 aromatic carbocycles. The Morgan fingerprint density at radius 1 is 1.73 bits per heavy atom. The summed E-state index contributed by atoms with van der Waals surface area (Å²) < 4.78 is 4.89. The quantitative estimate of drug-likeness (QED) is 0.659. The summed E-state index contributed by atoms with van der Waals surface area (Å²) in [6.45, 7) is 6.88. The van der Waals surface area contributed by atoms with Crippen molar-refractivity contribution in [3.8, 4) is 0 Å². The number of hydrogen-bond acceptors (Lipinski definition) is 4. The van der Waals surface area contributed by atoms with E-state index in [1.54, 1.807) is 25.7 Å². The molecule has 0 unspecified atom stereocenters. The van der Waals surface area contributed by atoms with Gasteiger partial charge in [0, 0.05) is 13.1 Å². The van der Waals surface area contributed by atoms with Gasteiger partial charge in [0.25, 0.3) is 0 Å². The van der Waals surface area contributed by atoms with Crippen molar-refractivity contribution in [2.45, 2.75) is 32.9 Å². The maximum absolute atomic E-state index is 11.7. The zero-order valence-corrected chi connectivity index (χ0v) is 9.45. The molecule has 1 rings (SSSR count). The molecule has 1 N–H and O–H groups in total. The lowest BCUT2D eigenvalue weighted by molar-refractivity contribution is -0.155. The molecule has 0 saturated carbocycles. The second-order valence-electron chi connectivity index (χ2n) is 3.64. The number of carbonyl (C=O) groups is 2. The van der Waals surface area contributed by atoms with Gasteiger partial charge in [-0.25, -0.2) is 4.79 Å². The molecule has 0 bridgehead atoms. The van der Waals surface area contributed by atoms with Crippen LogP contribution < -0.4 is 5.32 Å². The van der Waals surface area contributed by atoms with Crippen molar-refractivity contribution >= 4 is 11.9 Å². The van der Waals surface area contributed by atoms with E-state index in [4.69, 9.17) is 4.74 Å². The molecule has 5 nitrogen and oxygen atoms in total. The smallest absolute Gasteiger partial charge is 0.328 e. The summed E-state index contributed by atoms with van der Waals surface area (Å²) in [6, 6.07) is -0.697. The zero-order valence-electron chi connectivity index (χ0n) is 9.45. The van der Waals surface area contributed by atoms with Crippen LogP contribution in [0.25, 0.3) is 0 Å². The van der Waals surface area contributed by atoms with Crippen molar-refractivity contribution in [2.24, 2.45) is 0 Å². The van der Waals surface area contributed by atoms with Gasteiger partial charge in [-0.3, -0.25) is 4.79 Å². The summed E-state index contributed by atoms with van der Waals surface area (Å²) in [6.07, 6.45) is 0. The minimum absolute atomic E-state index is 0.0400. The molecule has 1 fully saturated rings. The Morgan fingerprint density at radius 2 is 2.40 bits per heavy atom. The third kappa shape index (κ3) is 2.68. The molecule has 86 valence electrons. The molecular formula is C10H18N2O3. The largest absolute Gasteiger partial charge is 0.464 e.